The smallest absolute Gasteiger partial charge is 0.389 e. The second-order valence-electron chi connectivity index (χ2n) is 4.03. The molecule has 0 radical (unpaired) electrons. The molecule has 1 N–H and O–H groups in total. The summed E-state index contributed by atoms with van der Waals surface area (Å²) in [6.07, 6.45) is -3.71. The lowest BCUT2D eigenvalue weighted by Crippen LogP contribution is -2.10. The van der Waals surface area contributed by atoms with E-state index >= 15 is 0 Å². The van der Waals surface area contributed by atoms with Gasteiger partial charge in [0.1, 0.15) is 5.75 Å². The van der Waals surface area contributed by atoms with Crippen molar-refractivity contribution in [2.75, 3.05) is 6.61 Å². The first kappa shape index (κ1) is 15.8. The van der Waals surface area contributed by atoms with Gasteiger partial charge in [-0.1, -0.05) is 13.3 Å². The summed E-state index contributed by atoms with van der Waals surface area (Å²) in [5.41, 5.74) is 0. The summed E-state index contributed by atoms with van der Waals surface area (Å²) in [5, 5.41) is 8.98. The zero-order valence-corrected chi connectivity index (χ0v) is 11.2. The Morgan fingerprint density at radius 1 is 1.47 bits per heavy atom. The van der Waals surface area contributed by atoms with Gasteiger partial charge >= 0.3 is 12.1 Å². The van der Waals surface area contributed by atoms with E-state index in [9.17, 15) is 18.0 Å². The lowest BCUT2D eigenvalue weighted by molar-refractivity contribution is -0.136. The molecule has 0 unspecified atom stereocenters. The third kappa shape index (κ3) is 5.50. The van der Waals surface area contributed by atoms with Gasteiger partial charge in [-0.05, 0) is 18.9 Å². The minimum absolute atomic E-state index is 0.0514. The predicted molar refractivity (Wildman–Crippen MR) is 66.1 cm³/mol. The number of alkyl halides is 3. The van der Waals surface area contributed by atoms with Crippen LogP contribution in [0.4, 0.5) is 13.2 Å². The van der Waals surface area contributed by atoms with E-state index in [0.29, 0.717) is 0 Å². The molecule has 0 fully saturated rings. The highest BCUT2D eigenvalue weighted by molar-refractivity contribution is 7.14. The van der Waals surface area contributed by atoms with Crippen LogP contribution in [0.3, 0.4) is 0 Å². The molecule has 0 aromatic carbocycles. The second kappa shape index (κ2) is 6.79. The van der Waals surface area contributed by atoms with Crippen molar-refractivity contribution in [1.82, 2.24) is 0 Å². The third-order valence-corrected chi connectivity index (χ3v) is 3.47. The summed E-state index contributed by atoms with van der Waals surface area (Å²) < 4.78 is 41.0. The molecular weight excluding hydrogens is 281 g/mol. The Labute approximate surface area is 113 Å². The largest absolute Gasteiger partial charge is 0.492 e. The maximum Gasteiger partial charge on any atom is 0.389 e. The molecule has 0 spiro atoms. The minimum atomic E-state index is -4.21. The molecule has 0 aliphatic heterocycles. The molecule has 1 heterocycles. The topological polar surface area (TPSA) is 46.5 Å². The number of halogens is 3. The van der Waals surface area contributed by atoms with Crippen molar-refractivity contribution in [2.24, 2.45) is 0 Å². The van der Waals surface area contributed by atoms with Gasteiger partial charge in [0, 0.05) is 11.3 Å². The Balaban J connectivity index is 2.58. The summed E-state index contributed by atoms with van der Waals surface area (Å²) in [4.78, 5) is 11.9. The lowest BCUT2D eigenvalue weighted by Gasteiger charge is -2.07. The van der Waals surface area contributed by atoms with Crippen LogP contribution in [0.25, 0.3) is 0 Å². The summed E-state index contributed by atoms with van der Waals surface area (Å²) >= 11 is 1.11. The van der Waals surface area contributed by atoms with E-state index in [0.717, 1.165) is 29.1 Å². The Hall–Kier alpha value is -1.24. The molecule has 0 atom stereocenters. The molecule has 0 amide bonds. The minimum Gasteiger partial charge on any atom is -0.492 e. The average molecular weight is 296 g/mol. The van der Waals surface area contributed by atoms with E-state index in [2.05, 4.69) is 0 Å². The van der Waals surface area contributed by atoms with Crippen LogP contribution in [0, 0.1) is 0 Å². The first-order chi connectivity index (χ1) is 8.83. The fraction of sp³-hybridized carbons (Fsp3) is 0.583. The quantitative estimate of drug-likeness (QED) is 0.770. The Kier molecular flexibility index (Phi) is 5.65. The Morgan fingerprint density at radius 2 is 2.16 bits per heavy atom. The van der Waals surface area contributed by atoms with Gasteiger partial charge in [-0.2, -0.15) is 13.2 Å². The van der Waals surface area contributed by atoms with Crippen LogP contribution in [0.5, 0.6) is 5.75 Å². The number of hydrogen-bond donors (Lipinski definition) is 1. The summed E-state index contributed by atoms with van der Waals surface area (Å²) in [6.45, 7) is 1.83. The van der Waals surface area contributed by atoms with Gasteiger partial charge in [0.25, 0.3) is 0 Å². The first-order valence-electron chi connectivity index (χ1n) is 5.89. The third-order valence-electron chi connectivity index (χ3n) is 2.30. The van der Waals surface area contributed by atoms with Gasteiger partial charge in [0.05, 0.1) is 6.61 Å². The first-order valence-corrected chi connectivity index (χ1v) is 6.70. The number of ether oxygens (including phenoxy) is 1. The highest BCUT2D eigenvalue weighted by Gasteiger charge is 2.26. The maximum atomic E-state index is 11.9. The Morgan fingerprint density at radius 3 is 2.68 bits per heavy atom. The van der Waals surface area contributed by atoms with Gasteiger partial charge in [-0.15, -0.1) is 11.3 Å². The number of carboxylic acids is 1. The lowest BCUT2D eigenvalue weighted by atomic mass is 10.3. The molecule has 0 saturated heterocycles. The molecule has 0 saturated carbocycles. The SMILES string of the molecule is CCCc1cc(OCCCC(F)(F)F)c(C(=O)O)s1. The molecule has 7 heteroatoms. The highest BCUT2D eigenvalue weighted by atomic mass is 32.1. The van der Waals surface area contributed by atoms with Gasteiger partial charge in [-0.3, -0.25) is 0 Å². The molecule has 0 aliphatic carbocycles. The van der Waals surface area contributed by atoms with Crippen LogP contribution in [0.1, 0.15) is 40.7 Å². The summed E-state index contributed by atoms with van der Waals surface area (Å²) in [7, 11) is 0. The summed E-state index contributed by atoms with van der Waals surface area (Å²) in [6, 6.07) is 1.60. The highest BCUT2D eigenvalue weighted by Crippen LogP contribution is 2.31. The van der Waals surface area contributed by atoms with Crippen molar-refractivity contribution in [2.45, 2.75) is 38.8 Å². The number of hydrogen-bond acceptors (Lipinski definition) is 3. The van der Waals surface area contributed by atoms with Gasteiger partial charge in [0.15, 0.2) is 4.88 Å². The van der Waals surface area contributed by atoms with Crippen molar-refractivity contribution >= 4 is 17.3 Å². The monoisotopic (exact) mass is 296 g/mol. The van der Waals surface area contributed by atoms with E-state index in [1.54, 1.807) is 6.07 Å². The number of rotatable bonds is 7. The van der Waals surface area contributed by atoms with Crippen molar-refractivity contribution in [1.29, 1.82) is 0 Å². The molecule has 1 aromatic heterocycles. The van der Waals surface area contributed by atoms with Gasteiger partial charge in [-0.25, -0.2) is 4.79 Å². The fourth-order valence-electron chi connectivity index (χ4n) is 1.50. The zero-order valence-electron chi connectivity index (χ0n) is 10.4. The fourth-order valence-corrected chi connectivity index (χ4v) is 2.54. The van der Waals surface area contributed by atoms with Crippen LogP contribution < -0.4 is 4.74 Å². The van der Waals surface area contributed by atoms with Crippen LogP contribution >= 0.6 is 11.3 Å². The van der Waals surface area contributed by atoms with Gasteiger partial charge < -0.3 is 9.84 Å². The number of aromatic carboxylic acids is 1. The summed E-state index contributed by atoms with van der Waals surface area (Å²) in [5.74, 6) is -0.943. The predicted octanol–water partition coefficient (Wildman–Crippen LogP) is 4.12. The standard InChI is InChI=1S/C12H15F3O3S/c1-2-4-8-7-9(10(19-8)11(16)17)18-6-3-5-12(13,14)15/h7H,2-6H2,1H3,(H,16,17). The van der Waals surface area contributed by atoms with Crippen molar-refractivity contribution in [3.63, 3.8) is 0 Å². The molecular formula is C12H15F3O3S. The van der Waals surface area contributed by atoms with E-state index in [1.807, 2.05) is 6.92 Å². The molecule has 0 bridgehead atoms. The molecule has 0 aliphatic rings. The number of carbonyl (C=O) groups is 1. The molecule has 19 heavy (non-hydrogen) atoms. The van der Waals surface area contributed by atoms with E-state index in [-0.39, 0.29) is 23.7 Å². The number of thiophene rings is 1. The normalized spacial score (nSPS) is 11.6. The van der Waals surface area contributed by atoms with E-state index in [1.165, 1.54) is 0 Å². The van der Waals surface area contributed by atoms with Crippen LogP contribution in [0.15, 0.2) is 6.07 Å². The number of aryl methyl sites for hydroxylation is 1. The van der Waals surface area contributed by atoms with E-state index in [4.69, 9.17) is 9.84 Å². The van der Waals surface area contributed by atoms with Crippen LogP contribution in [-0.4, -0.2) is 23.9 Å². The molecule has 1 rings (SSSR count). The Bertz CT molecular complexity index is 426. The van der Waals surface area contributed by atoms with Crippen molar-refractivity contribution < 1.29 is 27.8 Å². The second-order valence-corrected chi connectivity index (χ2v) is 5.17. The van der Waals surface area contributed by atoms with Crippen molar-refractivity contribution in [3.8, 4) is 5.75 Å². The number of carboxylic acid groups (broad SMARTS) is 1. The average Bonchev–Trinajstić information content (AvgIpc) is 2.67. The van der Waals surface area contributed by atoms with Crippen LogP contribution in [0.2, 0.25) is 0 Å². The van der Waals surface area contributed by atoms with E-state index < -0.39 is 18.6 Å². The molecule has 108 valence electrons. The zero-order chi connectivity index (χ0) is 14.5. The van der Waals surface area contributed by atoms with Crippen LogP contribution in [-0.2, 0) is 6.42 Å². The molecule has 3 nitrogen and oxygen atoms in total. The van der Waals surface area contributed by atoms with Crippen molar-refractivity contribution in [3.05, 3.63) is 15.8 Å². The maximum absolute atomic E-state index is 11.9. The molecule has 1 aromatic rings. The van der Waals surface area contributed by atoms with Gasteiger partial charge in [0.2, 0.25) is 0 Å².